The van der Waals surface area contributed by atoms with Gasteiger partial charge in [0.1, 0.15) is 0 Å². The first kappa shape index (κ1) is 10.7. The predicted molar refractivity (Wildman–Crippen MR) is 61.2 cm³/mol. The minimum absolute atomic E-state index is 0.390. The Balaban J connectivity index is 2.43. The van der Waals surface area contributed by atoms with Crippen molar-refractivity contribution in [3.8, 4) is 0 Å². The summed E-state index contributed by atoms with van der Waals surface area (Å²) in [5.74, 6) is -1.16. The van der Waals surface area contributed by atoms with E-state index in [0.29, 0.717) is 6.42 Å². The van der Waals surface area contributed by atoms with Crippen LogP contribution in [0.15, 0.2) is 24.3 Å². The Morgan fingerprint density at radius 3 is 2.88 bits per heavy atom. The fourth-order valence-electron chi connectivity index (χ4n) is 1.82. The van der Waals surface area contributed by atoms with Gasteiger partial charge in [-0.05, 0) is 6.07 Å². The van der Waals surface area contributed by atoms with Gasteiger partial charge in [0.25, 0.3) is 0 Å². The SMILES string of the molecule is CC(Cc1c2ccccc2nn1C)C(=O)O. The molecule has 1 aromatic carbocycles. The lowest BCUT2D eigenvalue weighted by molar-refractivity contribution is -0.141. The molecule has 0 amide bonds. The fraction of sp³-hybridized carbons (Fsp3) is 0.333. The maximum Gasteiger partial charge on any atom is 0.306 e. The van der Waals surface area contributed by atoms with E-state index in [1.165, 1.54) is 0 Å². The van der Waals surface area contributed by atoms with Crippen LogP contribution in [0.5, 0.6) is 0 Å². The molecule has 0 aliphatic rings. The highest BCUT2D eigenvalue weighted by Gasteiger charge is 2.16. The van der Waals surface area contributed by atoms with E-state index in [-0.39, 0.29) is 5.92 Å². The van der Waals surface area contributed by atoms with Crippen LogP contribution in [0.3, 0.4) is 0 Å². The van der Waals surface area contributed by atoms with Crippen molar-refractivity contribution in [3.63, 3.8) is 0 Å². The average Bonchev–Trinajstić information content (AvgIpc) is 2.55. The lowest BCUT2D eigenvalue weighted by atomic mass is 10.0. The maximum absolute atomic E-state index is 10.8. The van der Waals surface area contributed by atoms with Gasteiger partial charge in [-0.1, -0.05) is 25.1 Å². The molecule has 2 rings (SSSR count). The highest BCUT2D eigenvalue weighted by molar-refractivity contribution is 5.82. The third kappa shape index (κ3) is 1.78. The largest absolute Gasteiger partial charge is 0.481 e. The minimum Gasteiger partial charge on any atom is -0.481 e. The molecule has 84 valence electrons. The molecule has 4 nitrogen and oxygen atoms in total. The van der Waals surface area contributed by atoms with Crippen LogP contribution in [0, 0.1) is 5.92 Å². The molecule has 0 aliphatic heterocycles. The molecule has 1 atom stereocenters. The Kier molecular flexibility index (Phi) is 2.64. The number of carboxylic acids is 1. The monoisotopic (exact) mass is 218 g/mol. The number of benzene rings is 1. The molecule has 2 aromatic rings. The van der Waals surface area contributed by atoms with E-state index < -0.39 is 5.97 Å². The van der Waals surface area contributed by atoms with Crippen molar-refractivity contribution in [1.82, 2.24) is 9.78 Å². The fourth-order valence-corrected chi connectivity index (χ4v) is 1.82. The molecule has 4 heteroatoms. The van der Waals surface area contributed by atoms with Crippen LogP contribution in [0.1, 0.15) is 12.6 Å². The zero-order chi connectivity index (χ0) is 11.7. The van der Waals surface area contributed by atoms with E-state index in [1.54, 1.807) is 11.6 Å². The van der Waals surface area contributed by atoms with Crippen molar-refractivity contribution in [2.75, 3.05) is 0 Å². The van der Waals surface area contributed by atoms with Crippen molar-refractivity contribution < 1.29 is 9.90 Å². The second kappa shape index (κ2) is 3.96. The molecule has 0 spiro atoms. The summed E-state index contributed by atoms with van der Waals surface area (Å²) < 4.78 is 1.77. The molecule has 1 heterocycles. The summed E-state index contributed by atoms with van der Waals surface area (Å²) in [6.45, 7) is 1.71. The van der Waals surface area contributed by atoms with Gasteiger partial charge in [0.05, 0.1) is 11.4 Å². The summed E-state index contributed by atoms with van der Waals surface area (Å²) >= 11 is 0. The van der Waals surface area contributed by atoms with E-state index in [9.17, 15) is 4.79 Å². The number of hydrogen-bond acceptors (Lipinski definition) is 2. The number of rotatable bonds is 3. The smallest absolute Gasteiger partial charge is 0.306 e. The number of aliphatic carboxylic acids is 1. The summed E-state index contributed by atoms with van der Waals surface area (Å²) in [6, 6.07) is 7.79. The lowest BCUT2D eigenvalue weighted by Crippen LogP contribution is -2.14. The van der Waals surface area contributed by atoms with Crippen LogP contribution < -0.4 is 0 Å². The second-order valence-corrected chi connectivity index (χ2v) is 4.03. The van der Waals surface area contributed by atoms with E-state index in [1.807, 2.05) is 31.3 Å². The Morgan fingerprint density at radius 1 is 1.50 bits per heavy atom. The molecule has 0 radical (unpaired) electrons. The normalized spacial score (nSPS) is 12.9. The predicted octanol–water partition coefficient (Wildman–Crippen LogP) is 1.84. The standard InChI is InChI=1S/C12H14N2O2/c1-8(12(15)16)7-11-9-5-3-4-6-10(9)13-14(11)2/h3-6,8H,7H2,1-2H3,(H,15,16). The van der Waals surface area contributed by atoms with Crippen LogP contribution in [0.2, 0.25) is 0 Å². The van der Waals surface area contributed by atoms with E-state index in [2.05, 4.69) is 5.10 Å². The number of nitrogens with zero attached hydrogens (tertiary/aromatic N) is 2. The van der Waals surface area contributed by atoms with Gasteiger partial charge in [-0.25, -0.2) is 0 Å². The van der Waals surface area contributed by atoms with E-state index in [0.717, 1.165) is 16.6 Å². The summed E-state index contributed by atoms with van der Waals surface area (Å²) in [5.41, 5.74) is 1.89. The summed E-state index contributed by atoms with van der Waals surface area (Å²) in [7, 11) is 1.85. The first-order chi connectivity index (χ1) is 7.59. The Morgan fingerprint density at radius 2 is 2.19 bits per heavy atom. The first-order valence-corrected chi connectivity index (χ1v) is 5.23. The third-order valence-electron chi connectivity index (χ3n) is 2.78. The van der Waals surface area contributed by atoms with Crippen LogP contribution in [-0.2, 0) is 18.3 Å². The first-order valence-electron chi connectivity index (χ1n) is 5.23. The maximum atomic E-state index is 10.8. The highest BCUT2D eigenvalue weighted by Crippen LogP contribution is 2.20. The van der Waals surface area contributed by atoms with Gasteiger partial charge < -0.3 is 5.11 Å². The molecule has 0 saturated carbocycles. The van der Waals surface area contributed by atoms with Gasteiger partial charge >= 0.3 is 5.97 Å². The minimum atomic E-state index is -0.773. The second-order valence-electron chi connectivity index (χ2n) is 4.03. The number of carbonyl (C=O) groups is 1. The molecular formula is C12H14N2O2. The van der Waals surface area contributed by atoms with Crippen LogP contribution >= 0.6 is 0 Å². The van der Waals surface area contributed by atoms with Crippen molar-refractivity contribution in [2.24, 2.45) is 13.0 Å². The average molecular weight is 218 g/mol. The Bertz CT molecular complexity index is 531. The van der Waals surface area contributed by atoms with Gasteiger partial charge in [0.2, 0.25) is 0 Å². The van der Waals surface area contributed by atoms with Crippen molar-refractivity contribution in [2.45, 2.75) is 13.3 Å². The molecule has 0 aliphatic carbocycles. The zero-order valence-corrected chi connectivity index (χ0v) is 9.34. The highest BCUT2D eigenvalue weighted by atomic mass is 16.4. The van der Waals surface area contributed by atoms with Crippen LogP contribution in [-0.4, -0.2) is 20.9 Å². The van der Waals surface area contributed by atoms with Gasteiger partial charge in [-0.2, -0.15) is 5.10 Å². The quantitative estimate of drug-likeness (QED) is 0.855. The molecule has 1 aromatic heterocycles. The molecule has 16 heavy (non-hydrogen) atoms. The van der Waals surface area contributed by atoms with Crippen LogP contribution in [0.4, 0.5) is 0 Å². The van der Waals surface area contributed by atoms with Gasteiger partial charge in [-0.3, -0.25) is 9.48 Å². The molecular weight excluding hydrogens is 204 g/mol. The number of hydrogen-bond donors (Lipinski definition) is 1. The van der Waals surface area contributed by atoms with E-state index in [4.69, 9.17) is 5.11 Å². The molecule has 0 saturated heterocycles. The topological polar surface area (TPSA) is 55.1 Å². The molecule has 1 N–H and O–H groups in total. The van der Waals surface area contributed by atoms with Crippen molar-refractivity contribution in [3.05, 3.63) is 30.0 Å². The number of carboxylic acid groups (broad SMARTS) is 1. The zero-order valence-electron chi connectivity index (χ0n) is 9.34. The summed E-state index contributed by atoms with van der Waals surface area (Å²) in [5, 5.41) is 14.3. The Hall–Kier alpha value is -1.84. The molecule has 1 unspecified atom stereocenters. The number of aryl methyl sites for hydroxylation is 1. The molecule has 0 fully saturated rings. The van der Waals surface area contributed by atoms with Gasteiger partial charge in [0, 0.05) is 24.5 Å². The lowest BCUT2D eigenvalue weighted by Gasteiger charge is -2.06. The molecule has 0 bridgehead atoms. The van der Waals surface area contributed by atoms with Crippen molar-refractivity contribution in [1.29, 1.82) is 0 Å². The summed E-state index contributed by atoms with van der Waals surface area (Å²) in [6.07, 6.45) is 0.506. The Labute approximate surface area is 93.5 Å². The number of aromatic nitrogens is 2. The van der Waals surface area contributed by atoms with E-state index >= 15 is 0 Å². The van der Waals surface area contributed by atoms with Gasteiger partial charge in [-0.15, -0.1) is 0 Å². The summed E-state index contributed by atoms with van der Waals surface area (Å²) in [4.78, 5) is 10.8. The van der Waals surface area contributed by atoms with Crippen molar-refractivity contribution >= 4 is 16.9 Å². The third-order valence-corrected chi connectivity index (χ3v) is 2.78. The van der Waals surface area contributed by atoms with Gasteiger partial charge in [0.15, 0.2) is 0 Å². The van der Waals surface area contributed by atoms with Crippen LogP contribution in [0.25, 0.3) is 10.9 Å². The number of fused-ring (bicyclic) bond motifs is 1.